The zero-order valence-electron chi connectivity index (χ0n) is 13.3. The number of hydrogen-bond acceptors (Lipinski definition) is 4. The number of hydrogen-bond donors (Lipinski definition) is 1. The Hall–Kier alpha value is -0.420. The van der Waals surface area contributed by atoms with Gasteiger partial charge in [-0.15, -0.1) is 11.3 Å². The first-order chi connectivity index (χ1) is 9.54. The summed E-state index contributed by atoms with van der Waals surface area (Å²) in [6.07, 6.45) is 3.62. The van der Waals surface area contributed by atoms with Crippen LogP contribution in [0.25, 0.3) is 0 Å². The van der Waals surface area contributed by atoms with Crippen molar-refractivity contribution in [3.8, 4) is 0 Å². The van der Waals surface area contributed by atoms with E-state index in [2.05, 4.69) is 49.2 Å². The minimum atomic E-state index is 0.230. The smallest absolute Gasteiger partial charge is 0.0596 e. The highest BCUT2D eigenvalue weighted by Gasteiger charge is 2.32. The van der Waals surface area contributed by atoms with Crippen molar-refractivity contribution < 1.29 is 0 Å². The number of piperidine rings is 1. The summed E-state index contributed by atoms with van der Waals surface area (Å²) < 4.78 is 0. The predicted octanol–water partition coefficient (Wildman–Crippen LogP) is 2.86. The van der Waals surface area contributed by atoms with Crippen molar-refractivity contribution in [1.29, 1.82) is 0 Å². The van der Waals surface area contributed by atoms with E-state index in [1.165, 1.54) is 29.8 Å². The van der Waals surface area contributed by atoms with Crippen LogP contribution in [0.1, 0.15) is 42.7 Å². The molecule has 0 aliphatic carbocycles. The van der Waals surface area contributed by atoms with E-state index in [4.69, 9.17) is 5.73 Å². The highest BCUT2D eigenvalue weighted by Crippen LogP contribution is 2.34. The Bertz CT molecular complexity index is 416. The van der Waals surface area contributed by atoms with E-state index in [1.54, 1.807) is 0 Å². The summed E-state index contributed by atoms with van der Waals surface area (Å²) in [4.78, 5) is 6.46. The molecule has 0 bridgehead atoms. The van der Waals surface area contributed by atoms with Gasteiger partial charge < -0.3 is 10.6 Å². The third-order valence-corrected chi connectivity index (χ3v) is 5.69. The molecule has 0 aromatic carbocycles. The van der Waals surface area contributed by atoms with Gasteiger partial charge in [-0.25, -0.2) is 0 Å². The standard InChI is InChI=1S/C16H29N3S/c1-5-14(17)15(16-12(2)8-10-20-16)19-9-6-7-13(11-19)18(3)4/h8,10,13-15H,5-7,9,11,17H2,1-4H3. The van der Waals surface area contributed by atoms with Crippen molar-refractivity contribution in [3.63, 3.8) is 0 Å². The van der Waals surface area contributed by atoms with E-state index in [9.17, 15) is 0 Å². The summed E-state index contributed by atoms with van der Waals surface area (Å²) >= 11 is 1.87. The van der Waals surface area contributed by atoms with Crippen molar-refractivity contribution >= 4 is 11.3 Å². The number of thiophene rings is 1. The molecule has 2 rings (SSSR count). The number of rotatable bonds is 5. The minimum absolute atomic E-state index is 0.230. The molecule has 2 heterocycles. The fraction of sp³-hybridized carbons (Fsp3) is 0.750. The van der Waals surface area contributed by atoms with Gasteiger partial charge in [0.05, 0.1) is 6.04 Å². The van der Waals surface area contributed by atoms with Gasteiger partial charge in [-0.05, 0) is 63.8 Å². The Balaban J connectivity index is 2.21. The van der Waals surface area contributed by atoms with Crippen molar-refractivity contribution in [2.24, 2.45) is 5.73 Å². The first-order valence-electron chi connectivity index (χ1n) is 7.74. The van der Waals surface area contributed by atoms with Crippen molar-refractivity contribution in [2.45, 2.75) is 51.2 Å². The van der Waals surface area contributed by atoms with Crippen LogP contribution in [0.5, 0.6) is 0 Å². The van der Waals surface area contributed by atoms with Crippen LogP contribution < -0.4 is 5.73 Å². The summed E-state index contributed by atoms with van der Waals surface area (Å²) in [5, 5.41) is 2.20. The lowest BCUT2D eigenvalue weighted by Crippen LogP contribution is -2.50. The fourth-order valence-corrected chi connectivity index (χ4v) is 4.34. The van der Waals surface area contributed by atoms with E-state index >= 15 is 0 Å². The lowest BCUT2D eigenvalue weighted by atomic mass is 9.96. The zero-order valence-corrected chi connectivity index (χ0v) is 14.1. The Morgan fingerprint density at radius 2 is 2.25 bits per heavy atom. The second kappa shape index (κ2) is 7.03. The molecule has 3 atom stereocenters. The molecule has 1 saturated heterocycles. The van der Waals surface area contributed by atoms with E-state index < -0.39 is 0 Å². The van der Waals surface area contributed by atoms with Crippen LogP contribution in [0.2, 0.25) is 0 Å². The number of likely N-dealkylation sites (N-methyl/N-ethyl adjacent to an activating group) is 1. The van der Waals surface area contributed by atoms with Gasteiger partial charge in [0.2, 0.25) is 0 Å². The molecule has 1 aliphatic rings. The average Bonchev–Trinajstić information content (AvgIpc) is 2.85. The van der Waals surface area contributed by atoms with E-state index in [1.807, 2.05) is 11.3 Å². The lowest BCUT2D eigenvalue weighted by molar-refractivity contribution is 0.0844. The Kier molecular flexibility index (Phi) is 5.61. The highest BCUT2D eigenvalue weighted by atomic mass is 32.1. The summed E-state index contributed by atoms with van der Waals surface area (Å²) in [7, 11) is 4.39. The molecule has 0 radical (unpaired) electrons. The maximum Gasteiger partial charge on any atom is 0.0596 e. The van der Waals surface area contributed by atoms with Gasteiger partial charge in [0.15, 0.2) is 0 Å². The second-order valence-corrected chi connectivity index (χ2v) is 7.19. The minimum Gasteiger partial charge on any atom is -0.326 e. The highest BCUT2D eigenvalue weighted by molar-refractivity contribution is 7.10. The normalized spacial score (nSPS) is 24.0. The number of likely N-dealkylation sites (tertiary alicyclic amines) is 1. The topological polar surface area (TPSA) is 32.5 Å². The number of aryl methyl sites for hydroxylation is 1. The molecule has 20 heavy (non-hydrogen) atoms. The van der Waals surface area contributed by atoms with Crippen LogP contribution in [-0.2, 0) is 0 Å². The largest absolute Gasteiger partial charge is 0.326 e. The van der Waals surface area contributed by atoms with Crippen molar-refractivity contribution in [3.05, 3.63) is 21.9 Å². The maximum absolute atomic E-state index is 6.48. The van der Waals surface area contributed by atoms with Crippen LogP contribution in [0, 0.1) is 6.92 Å². The predicted molar refractivity (Wildman–Crippen MR) is 88.3 cm³/mol. The van der Waals surface area contributed by atoms with Gasteiger partial charge >= 0.3 is 0 Å². The van der Waals surface area contributed by atoms with Crippen molar-refractivity contribution in [1.82, 2.24) is 9.80 Å². The third kappa shape index (κ3) is 3.42. The van der Waals surface area contributed by atoms with Crippen LogP contribution in [0.15, 0.2) is 11.4 Å². The molecule has 114 valence electrons. The van der Waals surface area contributed by atoms with Gasteiger partial charge in [-0.3, -0.25) is 4.90 Å². The molecule has 1 aromatic heterocycles. The third-order valence-electron chi connectivity index (χ3n) is 4.60. The first kappa shape index (κ1) is 16.0. The molecule has 1 aromatic rings. The van der Waals surface area contributed by atoms with E-state index in [0.29, 0.717) is 12.1 Å². The zero-order chi connectivity index (χ0) is 14.7. The molecular weight excluding hydrogens is 266 g/mol. The second-order valence-electron chi connectivity index (χ2n) is 6.24. The SMILES string of the molecule is CCC(N)C(c1sccc1C)N1CCCC(N(C)C)C1. The Morgan fingerprint density at radius 3 is 2.80 bits per heavy atom. The summed E-state index contributed by atoms with van der Waals surface area (Å²) in [6, 6.07) is 3.51. The summed E-state index contributed by atoms with van der Waals surface area (Å²) in [5.74, 6) is 0. The van der Waals surface area contributed by atoms with Crippen LogP contribution in [0.4, 0.5) is 0 Å². The fourth-order valence-electron chi connectivity index (χ4n) is 3.20. The quantitative estimate of drug-likeness (QED) is 0.906. The van der Waals surface area contributed by atoms with Crippen LogP contribution >= 0.6 is 11.3 Å². The molecule has 1 aliphatic heterocycles. The van der Waals surface area contributed by atoms with Gasteiger partial charge in [0.25, 0.3) is 0 Å². The van der Waals surface area contributed by atoms with Gasteiger partial charge in [0.1, 0.15) is 0 Å². The van der Waals surface area contributed by atoms with Gasteiger partial charge in [-0.1, -0.05) is 6.92 Å². The molecule has 2 N–H and O–H groups in total. The summed E-state index contributed by atoms with van der Waals surface area (Å²) in [6.45, 7) is 6.74. The Labute approximate surface area is 127 Å². The summed E-state index contributed by atoms with van der Waals surface area (Å²) in [5.41, 5.74) is 7.88. The van der Waals surface area contributed by atoms with Gasteiger partial charge in [-0.2, -0.15) is 0 Å². The van der Waals surface area contributed by atoms with Gasteiger partial charge in [0, 0.05) is 23.5 Å². The van der Waals surface area contributed by atoms with E-state index in [0.717, 1.165) is 13.0 Å². The lowest BCUT2D eigenvalue weighted by Gasteiger charge is -2.42. The Morgan fingerprint density at radius 1 is 1.50 bits per heavy atom. The number of nitrogens with zero attached hydrogens (tertiary/aromatic N) is 2. The van der Waals surface area contributed by atoms with E-state index in [-0.39, 0.29) is 6.04 Å². The first-order valence-corrected chi connectivity index (χ1v) is 8.62. The molecule has 0 spiro atoms. The monoisotopic (exact) mass is 295 g/mol. The molecular formula is C16H29N3S. The van der Waals surface area contributed by atoms with Crippen LogP contribution in [0.3, 0.4) is 0 Å². The molecule has 0 amide bonds. The molecule has 3 unspecified atom stereocenters. The average molecular weight is 295 g/mol. The van der Waals surface area contributed by atoms with Crippen LogP contribution in [-0.4, -0.2) is 49.1 Å². The molecule has 3 nitrogen and oxygen atoms in total. The maximum atomic E-state index is 6.48. The molecule has 0 saturated carbocycles. The number of nitrogens with two attached hydrogens (primary N) is 1. The molecule has 4 heteroatoms. The molecule has 1 fully saturated rings. The van der Waals surface area contributed by atoms with Crippen molar-refractivity contribution in [2.75, 3.05) is 27.2 Å².